The van der Waals surface area contributed by atoms with Crippen LogP contribution in [0.2, 0.25) is 0 Å². The first-order chi connectivity index (χ1) is 14.8. The van der Waals surface area contributed by atoms with Crippen LogP contribution in [0.25, 0.3) is 16.0 Å². The molecule has 2 aromatic heterocycles. The largest absolute Gasteiger partial charge is 0.433 e. The molecule has 0 saturated carbocycles. The minimum atomic E-state index is -4.53. The molecule has 0 bridgehead atoms. The van der Waals surface area contributed by atoms with Crippen LogP contribution in [0.5, 0.6) is 0 Å². The Morgan fingerprint density at radius 1 is 1.23 bits per heavy atom. The number of allylic oxidation sites excluding steroid dienone is 2. The zero-order valence-electron chi connectivity index (χ0n) is 16.6. The van der Waals surface area contributed by atoms with Crippen LogP contribution in [-0.4, -0.2) is 21.2 Å². The standard InChI is InChI=1S/C22H19F3N4OS/c1-13-8-16(18-11-27-20(31-18)15-4-2-14(12-30)3-5-15)10-17(9-13)28-21-26-7-6-19(29-21)22(23,24)25/h4,6-12,14H,2-3,5H2,1H3,(H,26,28,29). The number of carbonyl (C=O) groups excluding carboxylic acids is 1. The highest BCUT2D eigenvalue weighted by Crippen LogP contribution is 2.36. The van der Waals surface area contributed by atoms with Gasteiger partial charge in [-0.15, -0.1) is 11.3 Å². The predicted octanol–water partition coefficient (Wildman–Crippen LogP) is 6.05. The van der Waals surface area contributed by atoms with Gasteiger partial charge >= 0.3 is 6.18 Å². The van der Waals surface area contributed by atoms with Gasteiger partial charge in [0.15, 0.2) is 0 Å². The second-order valence-electron chi connectivity index (χ2n) is 7.41. The van der Waals surface area contributed by atoms with Gasteiger partial charge in [-0.2, -0.15) is 13.2 Å². The van der Waals surface area contributed by atoms with Crippen LogP contribution in [-0.2, 0) is 11.0 Å². The monoisotopic (exact) mass is 444 g/mol. The minimum absolute atomic E-state index is 0.0895. The van der Waals surface area contributed by atoms with Gasteiger partial charge in [-0.05, 0) is 61.1 Å². The SMILES string of the molecule is Cc1cc(Nc2nccc(C(F)(F)F)n2)cc(-c2cnc(C3=CCC(C=O)CC3)s2)c1. The maximum atomic E-state index is 12.9. The Bertz CT molecular complexity index is 1140. The first-order valence-electron chi connectivity index (χ1n) is 9.71. The molecule has 0 radical (unpaired) electrons. The predicted molar refractivity (Wildman–Crippen MR) is 114 cm³/mol. The topological polar surface area (TPSA) is 67.8 Å². The van der Waals surface area contributed by atoms with Crippen molar-refractivity contribution in [2.45, 2.75) is 32.4 Å². The minimum Gasteiger partial charge on any atom is -0.324 e. The van der Waals surface area contributed by atoms with Gasteiger partial charge in [-0.1, -0.05) is 12.1 Å². The number of rotatable bonds is 5. The lowest BCUT2D eigenvalue weighted by atomic mass is 9.91. The highest BCUT2D eigenvalue weighted by atomic mass is 32.1. The van der Waals surface area contributed by atoms with Gasteiger partial charge in [0.05, 0.1) is 4.88 Å². The van der Waals surface area contributed by atoms with Crippen LogP contribution in [0.4, 0.5) is 24.8 Å². The molecule has 0 spiro atoms. The van der Waals surface area contributed by atoms with E-state index < -0.39 is 11.9 Å². The van der Waals surface area contributed by atoms with Crippen LogP contribution in [0.1, 0.15) is 35.5 Å². The molecule has 31 heavy (non-hydrogen) atoms. The molecule has 0 aliphatic heterocycles. The van der Waals surface area contributed by atoms with Crippen LogP contribution in [0.15, 0.2) is 42.7 Å². The summed E-state index contributed by atoms with van der Waals surface area (Å²) in [5, 5.41) is 3.79. The van der Waals surface area contributed by atoms with Crippen molar-refractivity contribution in [3.63, 3.8) is 0 Å². The lowest BCUT2D eigenvalue weighted by Gasteiger charge is -2.15. The summed E-state index contributed by atoms with van der Waals surface area (Å²) < 4.78 is 38.7. The molecule has 5 nitrogen and oxygen atoms in total. The number of carbonyl (C=O) groups is 1. The van der Waals surface area contributed by atoms with Crippen LogP contribution in [0, 0.1) is 12.8 Å². The zero-order valence-corrected chi connectivity index (χ0v) is 17.4. The number of aromatic nitrogens is 3. The summed E-state index contributed by atoms with van der Waals surface area (Å²) in [4.78, 5) is 23.9. The fraction of sp³-hybridized carbons (Fsp3) is 0.273. The Labute approximate surface area is 181 Å². The first-order valence-corrected chi connectivity index (χ1v) is 10.5. The number of aryl methyl sites for hydroxylation is 1. The smallest absolute Gasteiger partial charge is 0.324 e. The molecule has 1 aliphatic carbocycles. The molecule has 1 unspecified atom stereocenters. The van der Waals surface area contributed by atoms with Gasteiger partial charge in [-0.3, -0.25) is 0 Å². The van der Waals surface area contributed by atoms with Crippen molar-refractivity contribution < 1.29 is 18.0 Å². The Kier molecular flexibility index (Phi) is 5.86. The Balaban J connectivity index is 1.57. The molecule has 2 heterocycles. The summed E-state index contributed by atoms with van der Waals surface area (Å²) in [5.41, 5.74) is 2.59. The van der Waals surface area contributed by atoms with E-state index in [-0.39, 0.29) is 11.9 Å². The number of benzene rings is 1. The number of halogens is 3. The van der Waals surface area contributed by atoms with E-state index in [4.69, 9.17) is 0 Å². The molecule has 9 heteroatoms. The molecule has 160 valence electrons. The van der Waals surface area contributed by atoms with Gasteiger partial charge in [0, 0.05) is 24.0 Å². The van der Waals surface area contributed by atoms with Gasteiger partial charge in [0.2, 0.25) is 5.95 Å². The maximum absolute atomic E-state index is 12.9. The quantitative estimate of drug-likeness (QED) is 0.485. The van der Waals surface area contributed by atoms with Crippen molar-refractivity contribution in [2.24, 2.45) is 5.92 Å². The van der Waals surface area contributed by atoms with E-state index in [1.807, 2.05) is 25.1 Å². The second kappa shape index (κ2) is 8.58. The zero-order chi connectivity index (χ0) is 22.0. The van der Waals surface area contributed by atoms with Gasteiger partial charge in [0.1, 0.15) is 17.0 Å². The second-order valence-corrected chi connectivity index (χ2v) is 8.44. The molecular weight excluding hydrogens is 425 g/mol. The summed E-state index contributed by atoms with van der Waals surface area (Å²) in [7, 11) is 0. The third-order valence-electron chi connectivity index (χ3n) is 4.99. The average Bonchev–Trinajstić information content (AvgIpc) is 3.23. The summed E-state index contributed by atoms with van der Waals surface area (Å²) in [6.07, 6.45) is 3.83. The summed E-state index contributed by atoms with van der Waals surface area (Å²) in [6.45, 7) is 1.91. The van der Waals surface area contributed by atoms with Gasteiger partial charge < -0.3 is 10.1 Å². The number of alkyl halides is 3. The van der Waals surface area contributed by atoms with Crippen molar-refractivity contribution in [1.29, 1.82) is 0 Å². The number of hydrogen-bond acceptors (Lipinski definition) is 6. The third kappa shape index (κ3) is 4.99. The summed E-state index contributed by atoms with van der Waals surface area (Å²) in [6, 6.07) is 6.49. The van der Waals surface area contributed by atoms with Crippen LogP contribution >= 0.6 is 11.3 Å². The normalized spacial score (nSPS) is 16.6. The van der Waals surface area contributed by atoms with Crippen LogP contribution in [0.3, 0.4) is 0 Å². The van der Waals surface area contributed by atoms with Crippen LogP contribution < -0.4 is 5.32 Å². The van der Waals surface area contributed by atoms with E-state index in [2.05, 4.69) is 26.3 Å². The van der Waals surface area contributed by atoms with Gasteiger partial charge in [0.25, 0.3) is 0 Å². The van der Waals surface area contributed by atoms with E-state index in [1.165, 1.54) is 0 Å². The number of nitrogens with zero attached hydrogens (tertiary/aromatic N) is 3. The van der Waals surface area contributed by atoms with Crippen molar-refractivity contribution in [3.05, 3.63) is 59.0 Å². The number of anilines is 2. The van der Waals surface area contributed by atoms with E-state index in [0.717, 1.165) is 64.4 Å². The lowest BCUT2D eigenvalue weighted by Crippen LogP contribution is -2.10. The van der Waals surface area contributed by atoms with Crippen molar-refractivity contribution in [1.82, 2.24) is 15.0 Å². The van der Waals surface area contributed by atoms with Gasteiger partial charge in [-0.25, -0.2) is 15.0 Å². The third-order valence-corrected chi connectivity index (χ3v) is 6.11. The lowest BCUT2D eigenvalue weighted by molar-refractivity contribution is -0.141. The molecule has 1 N–H and O–H groups in total. The van der Waals surface area contributed by atoms with Crippen molar-refractivity contribution >= 4 is 34.8 Å². The fourth-order valence-electron chi connectivity index (χ4n) is 3.43. The molecule has 0 amide bonds. The first kappa shape index (κ1) is 21.2. The molecule has 3 aromatic rings. The number of hydrogen-bond donors (Lipinski definition) is 1. The Morgan fingerprint density at radius 2 is 2.06 bits per heavy atom. The summed E-state index contributed by atoms with van der Waals surface area (Å²) >= 11 is 1.56. The van der Waals surface area contributed by atoms with Crippen molar-refractivity contribution in [3.8, 4) is 10.4 Å². The number of thiazole rings is 1. The molecule has 0 fully saturated rings. The molecule has 4 rings (SSSR count). The molecule has 0 saturated heterocycles. The van der Waals surface area contributed by atoms with E-state index >= 15 is 0 Å². The Morgan fingerprint density at radius 3 is 2.77 bits per heavy atom. The summed E-state index contributed by atoms with van der Waals surface area (Å²) in [5.74, 6) is -0.0277. The van der Waals surface area contributed by atoms with Crippen molar-refractivity contribution in [2.75, 3.05) is 5.32 Å². The molecule has 1 aliphatic rings. The maximum Gasteiger partial charge on any atom is 0.433 e. The highest BCUT2D eigenvalue weighted by Gasteiger charge is 2.32. The van der Waals surface area contributed by atoms with E-state index in [1.54, 1.807) is 17.5 Å². The molecule has 1 atom stereocenters. The van der Waals surface area contributed by atoms with E-state index in [9.17, 15) is 18.0 Å². The highest BCUT2D eigenvalue weighted by molar-refractivity contribution is 7.16. The number of nitrogens with one attached hydrogen (secondary N) is 1. The Hall–Kier alpha value is -3.07. The molecular formula is C22H19F3N4OS. The fourth-order valence-corrected chi connectivity index (χ4v) is 4.40. The van der Waals surface area contributed by atoms with E-state index in [0.29, 0.717) is 5.69 Å². The molecule has 1 aromatic carbocycles. The average molecular weight is 444 g/mol. The number of aldehydes is 1.